The van der Waals surface area contributed by atoms with Crippen molar-refractivity contribution in [3.8, 4) is 0 Å². The number of aromatic nitrogens is 1. The van der Waals surface area contributed by atoms with Gasteiger partial charge < -0.3 is 4.90 Å². The zero-order chi connectivity index (χ0) is 13.2. The van der Waals surface area contributed by atoms with E-state index in [0.717, 1.165) is 5.01 Å². The van der Waals surface area contributed by atoms with Gasteiger partial charge in [-0.2, -0.15) is 0 Å². The lowest BCUT2D eigenvalue weighted by Crippen LogP contribution is -2.28. The molecule has 0 aromatic carbocycles. The zero-order valence-electron chi connectivity index (χ0n) is 9.58. The summed E-state index contributed by atoms with van der Waals surface area (Å²) in [6, 6.07) is 0. The highest BCUT2D eigenvalue weighted by Crippen LogP contribution is 2.21. The van der Waals surface area contributed by atoms with Gasteiger partial charge in [0.25, 0.3) is 0 Å². The molecule has 0 N–H and O–H groups in total. The third-order valence-corrected chi connectivity index (χ3v) is 4.90. The molecule has 1 atom stereocenters. The highest BCUT2D eigenvalue weighted by atomic mass is 35.7. The number of carbonyl (C=O) groups excluding carboxylic acids is 1. The van der Waals surface area contributed by atoms with Gasteiger partial charge in [-0.15, -0.1) is 11.3 Å². The van der Waals surface area contributed by atoms with Crippen molar-refractivity contribution in [1.29, 1.82) is 0 Å². The Hall–Kier alpha value is -0.660. The molecule has 1 unspecified atom stereocenters. The second-order valence-electron chi connectivity index (χ2n) is 4.29. The predicted molar refractivity (Wildman–Crippen MR) is 70.1 cm³/mol. The first-order valence-corrected chi connectivity index (χ1v) is 8.88. The van der Waals surface area contributed by atoms with Crippen LogP contribution < -0.4 is 0 Å². The number of halogens is 1. The van der Waals surface area contributed by atoms with Crippen LogP contribution in [0.3, 0.4) is 0 Å². The van der Waals surface area contributed by atoms with Gasteiger partial charge in [-0.1, -0.05) is 0 Å². The van der Waals surface area contributed by atoms with Crippen LogP contribution in [0.2, 0.25) is 0 Å². The van der Waals surface area contributed by atoms with E-state index in [0.29, 0.717) is 19.5 Å². The Morgan fingerprint density at radius 1 is 1.56 bits per heavy atom. The Labute approximate surface area is 114 Å². The molecule has 0 aliphatic carbocycles. The molecule has 5 nitrogen and oxygen atoms in total. The first kappa shape index (κ1) is 13.8. The van der Waals surface area contributed by atoms with E-state index in [-0.39, 0.29) is 24.0 Å². The SMILES string of the molecule is O=C1CC(CS(=O)(=O)Cl)CN1CCc1nccs1. The van der Waals surface area contributed by atoms with Crippen molar-refractivity contribution in [2.75, 3.05) is 18.8 Å². The fraction of sp³-hybridized carbons (Fsp3) is 0.600. The van der Waals surface area contributed by atoms with Crippen molar-refractivity contribution in [3.05, 3.63) is 16.6 Å². The molecule has 0 saturated carbocycles. The van der Waals surface area contributed by atoms with Gasteiger partial charge in [-0.25, -0.2) is 13.4 Å². The summed E-state index contributed by atoms with van der Waals surface area (Å²) in [5.74, 6) is -0.318. The number of thiazole rings is 1. The van der Waals surface area contributed by atoms with Crippen LogP contribution >= 0.6 is 22.0 Å². The Bertz CT molecular complexity index is 515. The lowest BCUT2D eigenvalue weighted by molar-refractivity contribution is -0.127. The molecule has 1 aromatic heterocycles. The Morgan fingerprint density at radius 3 is 2.94 bits per heavy atom. The van der Waals surface area contributed by atoms with Crippen LogP contribution in [0.5, 0.6) is 0 Å². The maximum atomic E-state index is 11.7. The highest BCUT2D eigenvalue weighted by molar-refractivity contribution is 8.13. The van der Waals surface area contributed by atoms with Crippen LogP contribution in [0.1, 0.15) is 11.4 Å². The summed E-state index contributed by atoms with van der Waals surface area (Å²) < 4.78 is 21.9. The molecule has 8 heteroatoms. The average molecular weight is 309 g/mol. The summed E-state index contributed by atoms with van der Waals surface area (Å²) in [7, 11) is 1.67. The molecular formula is C10H13ClN2O3S2. The summed E-state index contributed by atoms with van der Waals surface area (Å²) in [5.41, 5.74) is 0. The smallest absolute Gasteiger partial charge is 0.232 e. The fourth-order valence-electron chi connectivity index (χ4n) is 2.07. The average Bonchev–Trinajstić information content (AvgIpc) is 2.83. The van der Waals surface area contributed by atoms with Crippen molar-refractivity contribution in [3.63, 3.8) is 0 Å². The van der Waals surface area contributed by atoms with Crippen LogP contribution in [0.4, 0.5) is 0 Å². The van der Waals surface area contributed by atoms with Gasteiger partial charge in [0.15, 0.2) is 0 Å². The normalized spacial score (nSPS) is 20.6. The number of likely N-dealkylation sites (tertiary alicyclic amines) is 1. The van der Waals surface area contributed by atoms with E-state index in [4.69, 9.17) is 10.7 Å². The van der Waals surface area contributed by atoms with E-state index in [1.54, 1.807) is 22.4 Å². The first-order chi connectivity index (χ1) is 8.44. The molecule has 0 bridgehead atoms. The lowest BCUT2D eigenvalue weighted by Gasteiger charge is -2.15. The van der Waals surface area contributed by atoms with Crippen LogP contribution in [0.25, 0.3) is 0 Å². The molecule has 0 radical (unpaired) electrons. The van der Waals surface area contributed by atoms with Gasteiger partial charge in [0.1, 0.15) is 0 Å². The van der Waals surface area contributed by atoms with Crippen molar-refractivity contribution >= 4 is 37.0 Å². The molecule has 1 amide bonds. The molecule has 1 aromatic rings. The maximum absolute atomic E-state index is 11.7. The summed E-state index contributed by atoms with van der Waals surface area (Å²) in [6.45, 7) is 1.06. The fourth-order valence-corrected chi connectivity index (χ4v) is 4.00. The molecule has 18 heavy (non-hydrogen) atoms. The largest absolute Gasteiger partial charge is 0.342 e. The summed E-state index contributed by atoms with van der Waals surface area (Å²) in [6.07, 6.45) is 2.71. The second kappa shape index (κ2) is 5.54. The molecule has 0 spiro atoms. The number of hydrogen-bond acceptors (Lipinski definition) is 5. The Kier molecular flexibility index (Phi) is 4.24. The molecular weight excluding hydrogens is 296 g/mol. The number of nitrogens with zero attached hydrogens (tertiary/aromatic N) is 2. The molecule has 2 heterocycles. The number of rotatable bonds is 5. The molecule has 1 fully saturated rings. The first-order valence-electron chi connectivity index (χ1n) is 5.52. The molecule has 1 aliphatic rings. The van der Waals surface area contributed by atoms with E-state index in [2.05, 4.69) is 4.98 Å². The van der Waals surface area contributed by atoms with Crippen LogP contribution in [0.15, 0.2) is 11.6 Å². The molecule has 1 aliphatic heterocycles. The summed E-state index contributed by atoms with van der Waals surface area (Å²) in [5, 5.41) is 2.88. The van der Waals surface area contributed by atoms with Crippen molar-refractivity contribution in [2.45, 2.75) is 12.8 Å². The van der Waals surface area contributed by atoms with E-state index < -0.39 is 9.05 Å². The minimum absolute atomic E-state index is 0.00290. The van der Waals surface area contributed by atoms with E-state index >= 15 is 0 Å². The Balaban J connectivity index is 1.86. The second-order valence-corrected chi connectivity index (χ2v) is 8.09. The summed E-state index contributed by atoms with van der Waals surface area (Å²) >= 11 is 1.55. The maximum Gasteiger partial charge on any atom is 0.232 e. The summed E-state index contributed by atoms with van der Waals surface area (Å²) in [4.78, 5) is 17.5. The van der Waals surface area contributed by atoms with Gasteiger partial charge in [0.05, 0.1) is 10.8 Å². The van der Waals surface area contributed by atoms with Gasteiger partial charge in [0.2, 0.25) is 15.0 Å². The highest BCUT2D eigenvalue weighted by Gasteiger charge is 2.31. The monoisotopic (exact) mass is 308 g/mol. The van der Waals surface area contributed by atoms with Crippen molar-refractivity contribution < 1.29 is 13.2 Å². The van der Waals surface area contributed by atoms with E-state index in [1.165, 1.54) is 0 Å². The minimum atomic E-state index is -3.53. The quantitative estimate of drug-likeness (QED) is 0.764. The van der Waals surface area contributed by atoms with Gasteiger partial charge >= 0.3 is 0 Å². The van der Waals surface area contributed by atoms with Crippen LogP contribution in [-0.4, -0.2) is 43.1 Å². The van der Waals surface area contributed by atoms with Crippen molar-refractivity contribution in [1.82, 2.24) is 9.88 Å². The van der Waals surface area contributed by atoms with E-state index in [9.17, 15) is 13.2 Å². The number of amides is 1. The zero-order valence-corrected chi connectivity index (χ0v) is 12.0. The molecule has 100 valence electrons. The van der Waals surface area contributed by atoms with Crippen LogP contribution in [0, 0.1) is 5.92 Å². The van der Waals surface area contributed by atoms with Gasteiger partial charge in [-0.05, 0) is 0 Å². The topological polar surface area (TPSA) is 67.3 Å². The van der Waals surface area contributed by atoms with Crippen molar-refractivity contribution in [2.24, 2.45) is 5.92 Å². The standard InChI is InChI=1S/C10H13ClN2O3S2/c11-18(15,16)7-8-5-10(14)13(6-8)3-1-9-12-2-4-17-9/h2,4,8H,1,3,5-7H2. The Morgan fingerprint density at radius 2 is 2.33 bits per heavy atom. The van der Waals surface area contributed by atoms with Crippen LogP contribution in [-0.2, 0) is 20.3 Å². The van der Waals surface area contributed by atoms with Gasteiger partial charge in [0, 0.05) is 54.1 Å². The third kappa shape index (κ3) is 3.93. The van der Waals surface area contributed by atoms with E-state index in [1.807, 2.05) is 5.38 Å². The minimum Gasteiger partial charge on any atom is -0.342 e. The number of hydrogen-bond donors (Lipinski definition) is 0. The van der Waals surface area contributed by atoms with Gasteiger partial charge in [-0.3, -0.25) is 4.79 Å². The lowest BCUT2D eigenvalue weighted by atomic mass is 10.1. The third-order valence-electron chi connectivity index (χ3n) is 2.81. The molecule has 2 rings (SSSR count). The molecule has 1 saturated heterocycles. The predicted octanol–water partition coefficient (Wildman–Crippen LogP) is 1.10. The number of carbonyl (C=O) groups is 1.